The Kier molecular flexibility index (Phi) is 6.09. The molecular weight excluding hydrogens is 282 g/mol. The van der Waals surface area contributed by atoms with Gasteiger partial charge < -0.3 is 10.1 Å². The zero-order valence-electron chi connectivity index (χ0n) is 12.7. The molecule has 0 aromatic heterocycles. The number of hydrogen-bond donors (Lipinski definition) is 1. The first-order valence-electron chi connectivity index (χ1n) is 7.47. The molecule has 0 saturated heterocycles. The molecule has 2 aromatic rings. The molecule has 0 amide bonds. The summed E-state index contributed by atoms with van der Waals surface area (Å²) in [5.74, 6) is 0.919. The molecule has 0 atom stereocenters. The molecule has 21 heavy (non-hydrogen) atoms. The van der Waals surface area contributed by atoms with Crippen molar-refractivity contribution in [3.05, 3.63) is 53.1 Å². The van der Waals surface area contributed by atoms with Gasteiger partial charge in [-0.3, -0.25) is 0 Å². The molecule has 0 aliphatic rings. The lowest BCUT2D eigenvalue weighted by atomic mass is 10.0. The Labute approximate surface area is 132 Å². The van der Waals surface area contributed by atoms with Gasteiger partial charge in [0.15, 0.2) is 0 Å². The summed E-state index contributed by atoms with van der Waals surface area (Å²) >= 11 is 6.24. The Morgan fingerprint density at radius 3 is 2.38 bits per heavy atom. The average molecular weight is 304 g/mol. The average Bonchev–Trinajstić information content (AvgIpc) is 2.53. The molecule has 2 aromatic carbocycles. The van der Waals surface area contributed by atoms with Gasteiger partial charge in [-0.05, 0) is 53.9 Å². The molecule has 0 saturated carbocycles. The van der Waals surface area contributed by atoms with Gasteiger partial charge in [0.2, 0.25) is 0 Å². The summed E-state index contributed by atoms with van der Waals surface area (Å²) in [5, 5.41) is 4.12. The molecule has 2 rings (SSSR count). The first-order chi connectivity index (χ1) is 10.2. The van der Waals surface area contributed by atoms with Crippen molar-refractivity contribution in [1.82, 2.24) is 5.32 Å². The third kappa shape index (κ3) is 4.48. The number of benzene rings is 2. The molecule has 0 bridgehead atoms. The van der Waals surface area contributed by atoms with Crippen molar-refractivity contribution in [3.8, 4) is 16.9 Å². The predicted octanol–water partition coefficient (Wildman–Crippen LogP) is 4.91. The van der Waals surface area contributed by atoms with E-state index in [1.165, 1.54) is 11.1 Å². The van der Waals surface area contributed by atoms with E-state index in [0.717, 1.165) is 42.5 Å². The van der Waals surface area contributed by atoms with Crippen molar-refractivity contribution in [3.63, 3.8) is 0 Å². The highest BCUT2D eigenvalue weighted by atomic mass is 35.5. The van der Waals surface area contributed by atoms with Crippen LogP contribution >= 0.6 is 11.6 Å². The molecule has 0 heterocycles. The van der Waals surface area contributed by atoms with Gasteiger partial charge in [0.05, 0.1) is 6.61 Å². The lowest BCUT2D eigenvalue weighted by Gasteiger charge is -2.10. The van der Waals surface area contributed by atoms with Gasteiger partial charge in [-0.15, -0.1) is 0 Å². The molecule has 112 valence electrons. The van der Waals surface area contributed by atoms with Crippen molar-refractivity contribution < 1.29 is 4.74 Å². The van der Waals surface area contributed by atoms with Crippen molar-refractivity contribution in [2.24, 2.45) is 0 Å². The third-order valence-electron chi connectivity index (χ3n) is 3.27. The fourth-order valence-corrected chi connectivity index (χ4v) is 2.30. The molecule has 0 radical (unpaired) electrons. The number of hydrogen-bond acceptors (Lipinski definition) is 2. The molecule has 0 unspecified atom stereocenters. The Balaban J connectivity index is 2.17. The van der Waals surface area contributed by atoms with Crippen LogP contribution in [0.15, 0.2) is 42.5 Å². The second-order valence-corrected chi connectivity index (χ2v) is 5.37. The first-order valence-corrected chi connectivity index (χ1v) is 7.84. The SMILES string of the molecule is CCCOc1ccc(-c2ccc(Cl)c(CNCC)c2)cc1. The second kappa shape index (κ2) is 8.06. The maximum atomic E-state index is 6.24. The first kappa shape index (κ1) is 15.9. The molecule has 2 nitrogen and oxygen atoms in total. The van der Waals surface area contributed by atoms with Crippen LogP contribution in [0.3, 0.4) is 0 Å². The Morgan fingerprint density at radius 2 is 1.71 bits per heavy atom. The van der Waals surface area contributed by atoms with E-state index in [-0.39, 0.29) is 0 Å². The van der Waals surface area contributed by atoms with Crippen molar-refractivity contribution in [2.45, 2.75) is 26.8 Å². The van der Waals surface area contributed by atoms with Gasteiger partial charge in [-0.25, -0.2) is 0 Å². The van der Waals surface area contributed by atoms with E-state index in [4.69, 9.17) is 16.3 Å². The summed E-state index contributed by atoms with van der Waals surface area (Å²) in [6, 6.07) is 14.4. The minimum absolute atomic E-state index is 0.757. The van der Waals surface area contributed by atoms with E-state index in [0.29, 0.717) is 0 Å². The fourth-order valence-electron chi connectivity index (χ4n) is 2.11. The third-order valence-corrected chi connectivity index (χ3v) is 3.64. The molecule has 1 N–H and O–H groups in total. The van der Waals surface area contributed by atoms with Gasteiger partial charge in [0, 0.05) is 11.6 Å². The number of rotatable bonds is 7. The maximum absolute atomic E-state index is 6.24. The van der Waals surface area contributed by atoms with E-state index in [1.54, 1.807) is 0 Å². The van der Waals surface area contributed by atoms with E-state index in [9.17, 15) is 0 Å². The Bertz CT molecular complexity index is 566. The van der Waals surface area contributed by atoms with E-state index in [1.807, 2.05) is 18.2 Å². The highest BCUT2D eigenvalue weighted by Gasteiger charge is 2.04. The normalized spacial score (nSPS) is 10.6. The highest BCUT2D eigenvalue weighted by Crippen LogP contribution is 2.26. The summed E-state index contributed by atoms with van der Waals surface area (Å²) in [5.41, 5.74) is 3.48. The minimum atomic E-state index is 0.757. The maximum Gasteiger partial charge on any atom is 0.119 e. The monoisotopic (exact) mass is 303 g/mol. The van der Waals surface area contributed by atoms with Crippen LogP contribution < -0.4 is 10.1 Å². The topological polar surface area (TPSA) is 21.3 Å². The van der Waals surface area contributed by atoms with Gasteiger partial charge in [-0.1, -0.05) is 43.6 Å². The van der Waals surface area contributed by atoms with Crippen LogP contribution in [-0.2, 0) is 6.54 Å². The van der Waals surface area contributed by atoms with Crippen LogP contribution in [0.1, 0.15) is 25.8 Å². The number of nitrogens with one attached hydrogen (secondary N) is 1. The predicted molar refractivity (Wildman–Crippen MR) is 90.1 cm³/mol. The zero-order chi connectivity index (χ0) is 15.1. The van der Waals surface area contributed by atoms with Crippen LogP contribution in [0.5, 0.6) is 5.75 Å². The quantitative estimate of drug-likeness (QED) is 0.785. The van der Waals surface area contributed by atoms with Crippen LogP contribution in [0.25, 0.3) is 11.1 Å². The Hall–Kier alpha value is -1.51. The summed E-state index contributed by atoms with van der Waals surface area (Å²) < 4.78 is 5.61. The fraction of sp³-hybridized carbons (Fsp3) is 0.333. The van der Waals surface area contributed by atoms with Gasteiger partial charge in [0.1, 0.15) is 5.75 Å². The highest BCUT2D eigenvalue weighted by molar-refractivity contribution is 6.31. The van der Waals surface area contributed by atoms with Crippen molar-refractivity contribution in [2.75, 3.05) is 13.2 Å². The standard InChI is InChI=1S/C18H22ClNO/c1-3-11-21-17-8-5-14(6-9-17)15-7-10-18(19)16(12-15)13-20-4-2/h5-10,12,20H,3-4,11,13H2,1-2H3. The molecular formula is C18H22ClNO. The van der Waals surface area contributed by atoms with Crippen LogP contribution in [0.2, 0.25) is 5.02 Å². The largest absolute Gasteiger partial charge is 0.494 e. The molecule has 0 fully saturated rings. The van der Waals surface area contributed by atoms with Crippen molar-refractivity contribution >= 4 is 11.6 Å². The van der Waals surface area contributed by atoms with E-state index < -0.39 is 0 Å². The van der Waals surface area contributed by atoms with Crippen LogP contribution in [0.4, 0.5) is 0 Å². The molecule has 0 spiro atoms. The molecule has 3 heteroatoms. The summed E-state index contributed by atoms with van der Waals surface area (Å²) in [4.78, 5) is 0. The van der Waals surface area contributed by atoms with Crippen LogP contribution in [-0.4, -0.2) is 13.2 Å². The van der Waals surface area contributed by atoms with Gasteiger partial charge >= 0.3 is 0 Å². The van der Waals surface area contributed by atoms with E-state index >= 15 is 0 Å². The van der Waals surface area contributed by atoms with Gasteiger partial charge in [0.25, 0.3) is 0 Å². The second-order valence-electron chi connectivity index (χ2n) is 4.96. The molecule has 0 aliphatic heterocycles. The van der Waals surface area contributed by atoms with Crippen LogP contribution in [0, 0.1) is 0 Å². The summed E-state index contributed by atoms with van der Waals surface area (Å²) in [6.45, 7) is 6.68. The smallest absolute Gasteiger partial charge is 0.119 e. The van der Waals surface area contributed by atoms with Crippen molar-refractivity contribution in [1.29, 1.82) is 0 Å². The lowest BCUT2D eigenvalue weighted by Crippen LogP contribution is -2.12. The molecule has 0 aliphatic carbocycles. The summed E-state index contributed by atoms with van der Waals surface area (Å²) in [7, 11) is 0. The zero-order valence-corrected chi connectivity index (χ0v) is 13.4. The lowest BCUT2D eigenvalue weighted by molar-refractivity contribution is 0.317. The number of halogens is 1. The number of ether oxygens (including phenoxy) is 1. The minimum Gasteiger partial charge on any atom is -0.494 e. The van der Waals surface area contributed by atoms with E-state index in [2.05, 4.69) is 43.4 Å². The van der Waals surface area contributed by atoms with Gasteiger partial charge in [-0.2, -0.15) is 0 Å². The summed E-state index contributed by atoms with van der Waals surface area (Å²) in [6.07, 6.45) is 1.02. The Morgan fingerprint density at radius 1 is 1.00 bits per heavy atom.